The van der Waals surface area contributed by atoms with Crippen molar-refractivity contribution in [2.24, 2.45) is 0 Å². The van der Waals surface area contributed by atoms with E-state index in [0.717, 1.165) is 22.3 Å². The molecule has 0 aliphatic carbocycles. The second kappa shape index (κ2) is 11.1. The molecule has 6 nitrogen and oxygen atoms in total. The van der Waals surface area contributed by atoms with Gasteiger partial charge in [-0.25, -0.2) is 9.59 Å². The quantitative estimate of drug-likeness (QED) is 0.172. The van der Waals surface area contributed by atoms with Crippen LogP contribution in [0.1, 0.15) is 20.7 Å². The molecule has 0 saturated carbocycles. The highest BCUT2D eigenvalue weighted by Gasteiger charge is 2.15. The monoisotopic (exact) mass is 536 g/mol. The maximum atomic E-state index is 12.6. The van der Waals surface area contributed by atoms with Gasteiger partial charge in [0.2, 0.25) is 0 Å². The first-order valence-electron chi connectivity index (χ1n) is 11.9. The summed E-state index contributed by atoms with van der Waals surface area (Å²) in [7, 11) is 0. The standard InChI is InChI=1S/C32H21ClO6/c33-29-19-28(38-31(36)24-5-1-20(2-6-24)22-9-13-26(34)14-10-22)17-18-30(29)39-32(37)25-7-3-21(4-8-25)23-11-15-27(35)16-12-23/h1-19,34-35H. The number of halogens is 1. The predicted molar refractivity (Wildman–Crippen MR) is 148 cm³/mol. The van der Waals surface area contributed by atoms with Crippen molar-refractivity contribution in [3.05, 3.63) is 131 Å². The van der Waals surface area contributed by atoms with Gasteiger partial charge in [-0.3, -0.25) is 0 Å². The van der Waals surface area contributed by atoms with E-state index in [-0.39, 0.29) is 28.0 Å². The number of hydrogen-bond donors (Lipinski definition) is 2. The fourth-order valence-corrected chi connectivity index (χ4v) is 4.07. The number of ether oxygens (including phenoxy) is 2. The number of aromatic hydroxyl groups is 2. The lowest BCUT2D eigenvalue weighted by Gasteiger charge is -2.10. The Kier molecular flexibility index (Phi) is 7.30. The van der Waals surface area contributed by atoms with Gasteiger partial charge in [-0.05, 0) is 82.9 Å². The number of rotatable bonds is 6. The van der Waals surface area contributed by atoms with E-state index < -0.39 is 11.9 Å². The maximum Gasteiger partial charge on any atom is 0.343 e. The van der Waals surface area contributed by atoms with Crippen molar-refractivity contribution in [1.29, 1.82) is 0 Å². The number of carbonyl (C=O) groups is 2. The molecule has 0 aromatic heterocycles. The van der Waals surface area contributed by atoms with Crippen molar-refractivity contribution in [3.8, 4) is 45.3 Å². The number of benzene rings is 5. The first kappa shape index (κ1) is 25.6. The SMILES string of the molecule is O=C(Oc1ccc(OC(=O)c2ccc(-c3ccc(O)cc3)cc2)c(Cl)c1)c1ccc(-c2ccc(O)cc2)cc1. The fraction of sp³-hybridized carbons (Fsp3) is 0. The zero-order valence-electron chi connectivity index (χ0n) is 20.4. The lowest BCUT2D eigenvalue weighted by Crippen LogP contribution is -2.10. The Labute approximate surface area is 229 Å². The molecular formula is C32H21ClO6. The van der Waals surface area contributed by atoms with Crippen LogP contribution >= 0.6 is 11.6 Å². The van der Waals surface area contributed by atoms with Gasteiger partial charge in [-0.2, -0.15) is 0 Å². The van der Waals surface area contributed by atoms with Gasteiger partial charge in [-0.15, -0.1) is 0 Å². The smallest absolute Gasteiger partial charge is 0.343 e. The Balaban J connectivity index is 1.21. The average molecular weight is 537 g/mol. The van der Waals surface area contributed by atoms with Crippen LogP contribution in [-0.2, 0) is 0 Å². The molecule has 0 fully saturated rings. The molecule has 39 heavy (non-hydrogen) atoms. The molecule has 0 atom stereocenters. The van der Waals surface area contributed by atoms with Crippen LogP contribution in [0.15, 0.2) is 115 Å². The Morgan fingerprint density at radius 2 is 0.897 bits per heavy atom. The summed E-state index contributed by atoms with van der Waals surface area (Å²) in [6.07, 6.45) is 0. The minimum atomic E-state index is -0.590. The molecule has 0 bridgehead atoms. The largest absolute Gasteiger partial charge is 0.508 e. The molecule has 0 heterocycles. The molecule has 0 aliphatic heterocycles. The van der Waals surface area contributed by atoms with Gasteiger partial charge in [0, 0.05) is 6.07 Å². The molecule has 0 amide bonds. The Morgan fingerprint density at radius 3 is 1.31 bits per heavy atom. The van der Waals surface area contributed by atoms with Crippen LogP contribution in [0.4, 0.5) is 0 Å². The first-order chi connectivity index (χ1) is 18.9. The molecule has 192 valence electrons. The summed E-state index contributed by atoms with van der Waals surface area (Å²) in [6.45, 7) is 0. The van der Waals surface area contributed by atoms with E-state index in [0.29, 0.717) is 11.1 Å². The predicted octanol–water partition coefficient (Wildman–Crippen LogP) is 7.52. The van der Waals surface area contributed by atoms with Crippen molar-refractivity contribution >= 4 is 23.5 Å². The van der Waals surface area contributed by atoms with Gasteiger partial charge in [0.05, 0.1) is 16.1 Å². The van der Waals surface area contributed by atoms with E-state index in [1.165, 1.54) is 18.2 Å². The molecule has 0 radical (unpaired) electrons. The number of carbonyl (C=O) groups excluding carboxylic acids is 2. The third kappa shape index (κ3) is 6.09. The van der Waals surface area contributed by atoms with Crippen LogP contribution in [-0.4, -0.2) is 22.2 Å². The summed E-state index contributed by atoms with van der Waals surface area (Å²) < 4.78 is 10.9. The van der Waals surface area contributed by atoms with Gasteiger partial charge < -0.3 is 19.7 Å². The molecule has 7 heteroatoms. The van der Waals surface area contributed by atoms with E-state index in [4.69, 9.17) is 21.1 Å². The summed E-state index contributed by atoms with van der Waals surface area (Å²) in [5.41, 5.74) is 4.24. The number of phenols is 2. The highest BCUT2D eigenvalue weighted by atomic mass is 35.5. The average Bonchev–Trinajstić information content (AvgIpc) is 2.95. The van der Waals surface area contributed by atoms with Crippen molar-refractivity contribution in [1.82, 2.24) is 0 Å². The highest BCUT2D eigenvalue weighted by Crippen LogP contribution is 2.31. The Morgan fingerprint density at radius 1 is 0.513 bits per heavy atom. The van der Waals surface area contributed by atoms with E-state index in [2.05, 4.69) is 0 Å². The Hall–Kier alpha value is -5.07. The summed E-state index contributed by atoms with van der Waals surface area (Å²) >= 11 is 6.30. The summed E-state index contributed by atoms with van der Waals surface area (Å²) in [5, 5.41) is 19.0. The molecular weight excluding hydrogens is 516 g/mol. The van der Waals surface area contributed by atoms with Gasteiger partial charge in [0.25, 0.3) is 0 Å². The zero-order valence-corrected chi connectivity index (χ0v) is 21.1. The third-order valence-electron chi connectivity index (χ3n) is 5.96. The zero-order chi connectivity index (χ0) is 27.4. The van der Waals surface area contributed by atoms with Crippen LogP contribution in [0, 0.1) is 0 Å². The van der Waals surface area contributed by atoms with Crippen LogP contribution in [0.3, 0.4) is 0 Å². The van der Waals surface area contributed by atoms with E-state index in [1.807, 2.05) is 0 Å². The topological polar surface area (TPSA) is 93.1 Å². The van der Waals surface area contributed by atoms with Crippen LogP contribution in [0.5, 0.6) is 23.0 Å². The molecule has 2 N–H and O–H groups in total. The Bertz CT molecular complexity index is 1630. The van der Waals surface area contributed by atoms with Gasteiger partial charge >= 0.3 is 11.9 Å². The van der Waals surface area contributed by atoms with Crippen molar-refractivity contribution in [2.45, 2.75) is 0 Å². The van der Waals surface area contributed by atoms with Gasteiger partial charge in [0.1, 0.15) is 23.0 Å². The normalized spacial score (nSPS) is 10.6. The fourth-order valence-electron chi connectivity index (χ4n) is 3.86. The van der Waals surface area contributed by atoms with Crippen molar-refractivity contribution < 1.29 is 29.3 Å². The number of esters is 2. The molecule has 5 aromatic rings. The second-order valence-electron chi connectivity index (χ2n) is 8.62. The lowest BCUT2D eigenvalue weighted by atomic mass is 10.0. The minimum absolute atomic E-state index is 0.108. The minimum Gasteiger partial charge on any atom is -0.508 e. The maximum absolute atomic E-state index is 12.6. The van der Waals surface area contributed by atoms with Crippen molar-refractivity contribution in [2.75, 3.05) is 0 Å². The molecule has 0 aliphatic rings. The number of phenolic OH excluding ortho intramolecular Hbond substituents is 2. The van der Waals surface area contributed by atoms with E-state index >= 15 is 0 Å². The van der Waals surface area contributed by atoms with Crippen LogP contribution < -0.4 is 9.47 Å². The number of hydrogen-bond acceptors (Lipinski definition) is 6. The molecule has 0 spiro atoms. The molecule has 5 aromatic carbocycles. The summed E-state index contributed by atoms with van der Waals surface area (Å²) in [4.78, 5) is 25.3. The second-order valence-corrected chi connectivity index (χ2v) is 9.03. The van der Waals surface area contributed by atoms with Gasteiger partial charge in [-0.1, -0.05) is 60.1 Å². The summed E-state index contributed by atoms with van der Waals surface area (Å²) in [5.74, 6) is -0.473. The molecule has 0 unspecified atom stereocenters. The van der Waals surface area contributed by atoms with Gasteiger partial charge in [0.15, 0.2) is 0 Å². The third-order valence-corrected chi connectivity index (χ3v) is 6.25. The molecule has 0 saturated heterocycles. The first-order valence-corrected chi connectivity index (χ1v) is 12.3. The van der Waals surface area contributed by atoms with E-state index in [9.17, 15) is 19.8 Å². The highest BCUT2D eigenvalue weighted by molar-refractivity contribution is 6.32. The van der Waals surface area contributed by atoms with Crippen LogP contribution in [0.25, 0.3) is 22.3 Å². The van der Waals surface area contributed by atoms with Crippen molar-refractivity contribution in [3.63, 3.8) is 0 Å². The summed E-state index contributed by atoms with van der Waals surface area (Å²) in [6, 6.07) is 31.6. The lowest BCUT2D eigenvalue weighted by molar-refractivity contribution is 0.0719. The molecule has 5 rings (SSSR count). The van der Waals surface area contributed by atoms with Crippen LogP contribution in [0.2, 0.25) is 5.02 Å². The van der Waals surface area contributed by atoms with E-state index in [1.54, 1.807) is 97.1 Å².